The summed E-state index contributed by atoms with van der Waals surface area (Å²) in [5.41, 5.74) is 3.40. The number of benzene rings is 2. The van der Waals surface area contributed by atoms with Crippen molar-refractivity contribution in [2.75, 3.05) is 19.0 Å². The molecule has 1 aromatic heterocycles. The van der Waals surface area contributed by atoms with Gasteiger partial charge in [0.1, 0.15) is 11.3 Å². The number of carbonyl (C=O) groups excluding carboxylic acids is 1. The molecule has 0 amide bonds. The van der Waals surface area contributed by atoms with E-state index in [1.165, 1.54) is 0 Å². The molecule has 4 rings (SSSR count). The van der Waals surface area contributed by atoms with Crippen molar-refractivity contribution in [1.82, 2.24) is 0 Å². The van der Waals surface area contributed by atoms with E-state index in [1.807, 2.05) is 37.2 Å². The fraction of sp³-hybridized carbons (Fsp3) is 0.238. The molecule has 0 aliphatic heterocycles. The lowest BCUT2D eigenvalue weighted by Crippen LogP contribution is -2.12. The molecule has 0 unspecified atom stereocenters. The third-order valence-corrected chi connectivity index (χ3v) is 4.75. The summed E-state index contributed by atoms with van der Waals surface area (Å²) in [7, 11) is 3.82. The van der Waals surface area contributed by atoms with Crippen LogP contribution in [0.4, 0.5) is 5.69 Å². The molecule has 3 aromatic rings. The molecule has 0 spiro atoms. The summed E-state index contributed by atoms with van der Waals surface area (Å²) in [4.78, 5) is 26.5. The Morgan fingerprint density at radius 1 is 1.08 bits per heavy atom. The Kier molecular flexibility index (Phi) is 3.99. The normalized spacial score (nSPS) is 12.8. The zero-order chi connectivity index (χ0) is 18.3. The Morgan fingerprint density at radius 3 is 2.69 bits per heavy atom. The summed E-state index contributed by atoms with van der Waals surface area (Å²) in [6.07, 6.45) is 2.62. The van der Waals surface area contributed by atoms with Crippen LogP contribution in [0.15, 0.2) is 51.7 Å². The summed E-state index contributed by atoms with van der Waals surface area (Å²) in [6, 6.07) is 12.4. The van der Waals surface area contributed by atoms with Crippen molar-refractivity contribution in [1.29, 1.82) is 0 Å². The number of esters is 1. The zero-order valence-electron chi connectivity index (χ0n) is 14.7. The van der Waals surface area contributed by atoms with Crippen LogP contribution in [0.5, 0.6) is 5.75 Å². The van der Waals surface area contributed by atoms with Gasteiger partial charge < -0.3 is 14.1 Å². The maximum absolute atomic E-state index is 12.4. The van der Waals surface area contributed by atoms with Crippen molar-refractivity contribution in [3.63, 3.8) is 0 Å². The number of fused-ring (bicyclic) bond motifs is 3. The van der Waals surface area contributed by atoms with Crippen LogP contribution >= 0.6 is 0 Å². The van der Waals surface area contributed by atoms with Gasteiger partial charge in [0.25, 0.3) is 0 Å². The Bertz CT molecular complexity index is 1070. The Morgan fingerprint density at radius 2 is 1.88 bits per heavy atom. The van der Waals surface area contributed by atoms with Gasteiger partial charge in [-0.15, -0.1) is 0 Å². The molecule has 5 nitrogen and oxygen atoms in total. The van der Waals surface area contributed by atoms with E-state index in [2.05, 4.69) is 0 Å². The minimum Gasteiger partial charge on any atom is -0.423 e. The maximum Gasteiger partial charge on any atom is 0.343 e. The summed E-state index contributed by atoms with van der Waals surface area (Å²) < 4.78 is 10.9. The van der Waals surface area contributed by atoms with E-state index in [1.54, 1.807) is 24.3 Å². The first-order chi connectivity index (χ1) is 12.5. The van der Waals surface area contributed by atoms with Crippen molar-refractivity contribution in [2.45, 2.75) is 19.3 Å². The number of aryl methyl sites for hydroxylation is 1. The van der Waals surface area contributed by atoms with Crippen molar-refractivity contribution >= 4 is 22.6 Å². The highest BCUT2D eigenvalue weighted by Gasteiger charge is 2.20. The standard InChI is InChI=1S/C21H19NO4/c1-22(2)14-6-3-5-13(11-14)20(23)25-15-9-10-17-16-7-4-8-18(16)21(24)26-19(17)12-15/h3,5-6,9-12H,4,7-8H2,1-2H3. The molecule has 1 aliphatic carbocycles. The van der Waals surface area contributed by atoms with Crippen LogP contribution in [0.25, 0.3) is 11.0 Å². The molecule has 0 saturated carbocycles. The van der Waals surface area contributed by atoms with E-state index in [0.717, 1.165) is 41.5 Å². The predicted octanol–water partition coefficient (Wildman–Crippen LogP) is 3.57. The fourth-order valence-corrected chi connectivity index (χ4v) is 3.40. The molecular weight excluding hydrogens is 330 g/mol. The van der Waals surface area contributed by atoms with Crippen molar-refractivity contribution in [2.24, 2.45) is 0 Å². The number of carbonyl (C=O) groups is 1. The van der Waals surface area contributed by atoms with Crippen molar-refractivity contribution < 1.29 is 13.9 Å². The Hall–Kier alpha value is -3.08. The third kappa shape index (κ3) is 2.86. The second-order valence-corrected chi connectivity index (χ2v) is 6.69. The lowest BCUT2D eigenvalue weighted by atomic mass is 10.1. The van der Waals surface area contributed by atoms with Gasteiger partial charge in [0.2, 0.25) is 0 Å². The van der Waals surface area contributed by atoms with Crippen molar-refractivity contribution in [3.8, 4) is 5.75 Å². The SMILES string of the molecule is CN(C)c1cccc(C(=O)Oc2ccc3c4c(c(=O)oc3c2)CCC4)c1. The van der Waals surface area contributed by atoms with Crippen LogP contribution in [-0.4, -0.2) is 20.1 Å². The summed E-state index contributed by atoms with van der Waals surface area (Å²) in [6.45, 7) is 0. The van der Waals surface area contributed by atoms with E-state index in [4.69, 9.17) is 9.15 Å². The topological polar surface area (TPSA) is 59.8 Å². The number of anilines is 1. The van der Waals surface area contributed by atoms with Gasteiger partial charge in [-0.1, -0.05) is 6.07 Å². The molecule has 26 heavy (non-hydrogen) atoms. The molecule has 0 bridgehead atoms. The molecule has 0 radical (unpaired) electrons. The summed E-state index contributed by atoms with van der Waals surface area (Å²) in [5.74, 6) is -0.0876. The minimum absolute atomic E-state index is 0.285. The van der Waals surface area contributed by atoms with Gasteiger partial charge in [-0.25, -0.2) is 9.59 Å². The third-order valence-electron chi connectivity index (χ3n) is 4.75. The lowest BCUT2D eigenvalue weighted by Gasteiger charge is -2.13. The maximum atomic E-state index is 12.4. The van der Waals surface area contributed by atoms with Crippen LogP contribution < -0.4 is 15.3 Å². The van der Waals surface area contributed by atoms with E-state index in [0.29, 0.717) is 16.9 Å². The Balaban J connectivity index is 1.65. The van der Waals surface area contributed by atoms with Gasteiger partial charge in [0.05, 0.1) is 5.56 Å². The molecule has 0 atom stereocenters. The summed E-state index contributed by atoms with van der Waals surface area (Å²) >= 11 is 0. The van der Waals surface area contributed by atoms with Gasteiger partial charge in [0.15, 0.2) is 0 Å². The number of ether oxygens (including phenoxy) is 1. The van der Waals surface area contributed by atoms with Gasteiger partial charge in [-0.3, -0.25) is 0 Å². The molecule has 0 N–H and O–H groups in total. The number of nitrogens with zero attached hydrogens (tertiary/aromatic N) is 1. The van der Waals surface area contributed by atoms with Crippen LogP contribution in [0.3, 0.4) is 0 Å². The van der Waals surface area contributed by atoms with Gasteiger partial charge in [0, 0.05) is 36.8 Å². The lowest BCUT2D eigenvalue weighted by molar-refractivity contribution is 0.0735. The average molecular weight is 349 g/mol. The van der Waals surface area contributed by atoms with Crippen LogP contribution in [0.2, 0.25) is 0 Å². The van der Waals surface area contributed by atoms with E-state index < -0.39 is 5.97 Å². The first-order valence-electron chi connectivity index (χ1n) is 8.61. The van der Waals surface area contributed by atoms with Crippen LogP contribution in [0, 0.1) is 0 Å². The molecule has 0 fully saturated rings. The predicted molar refractivity (Wildman–Crippen MR) is 100 cm³/mol. The second kappa shape index (κ2) is 6.33. The molecule has 2 aromatic carbocycles. The molecule has 1 aliphatic rings. The zero-order valence-corrected chi connectivity index (χ0v) is 14.7. The van der Waals surface area contributed by atoms with Gasteiger partial charge in [-0.05, 0) is 55.2 Å². The molecule has 5 heteroatoms. The minimum atomic E-state index is -0.448. The number of hydrogen-bond donors (Lipinski definition) is 0. The van der Waals surface area contributed by atoms with Crippen molar-refractivity contribution in [3.05, 3.63) is 69.6 Å². The highest BCUT2D eigenvalue weighted by molar-refractivity contribution is 5.93. The quantitative estimate of drug-likeness (QED) is 0.411. The first kappa shape index (κ1) is 16.4. The van der Waals surface area contributed by atoms with E-state index in [-0.39, 0.29) is 5.63 Å². The molecule has 0 saturated heterocycles. The largest absolute Gasteiger partial charge is 0.423 e. The monoisotopic (exact) mass is 349 g/mol. The van der Waals surface area contributed by atoms with Gasteiger partial charge in [-0.2, -0.15) is 0 Å². The fourth-order valence-electron chi connectivity index (χ4n) is 3.40. The molecular formula is C21H19NO4. The highest BCUT2D eigenvalue weighted by Crippen LogP contribution is 2.30. The smallest absolute Gasteiger partial charge is 0.343 e. The van der Waals surface area contributed by atoms with E-state index in [9.17, 15) is 9.59 Å². The van der Waals surface area contributed by atoms with Crippen LogP contribution in [-0.2, 0) is 12.8 Å². The molecule has 132 valence electrons. The highest BCUT2D eigenvalue weighted by atomic mass is 16.5. The first-order valence-corrected chi connectivity index (χ1v) is 8.61. The number of hydrogen-bond acceptors (Lipinski definition) is 5. The van der Waals surface area contributed by atoms with Gasteiger partial charge >= 0.3 is 11.6 Å². The van der Waals surface area contributed by atoms with Crippen LogP contribution in [0.1, 0.15) is 27.9 Å². The summed E-state index contributed by atoms with van der Waals surface area (Å²) in [5, 5.41) is 0.923. The second-order valence-electron chi connectivity index (χ2n) is 6.69. The number of rotatable bonds is 3. The molecule has 1 heterocycles. The Labute approximate surface area is 150 Å². The average Bonchev–Trinajstić information content (AvgIpc) is 3.12. The van der Waals surface area contributed by atoms with E-state index >= 15 is 0 Å².